The summed E-state index contributed by atoms with van der Waals surface area (Å²) in [6, 6.07) is 2.31. The standard InChI is InChI=1S/C21H22BrClN2O5/c1-9-5-13(22)14(23)7-15(9)24-16(26)8-30-21(29)10(2)25-19(27)17-11-3-4-12(6-11)18(17)20(25)28/h5,7,10-12,17-18H,3-4,6,8H2,1-2H3,(H,24,26)/t10-,11-,12-,17-,18+/m0/s1. The van der Waals surface area contributed by atoms with Crippen molar-refractivity contribution in [2.75, 3.05) is 11.9 Å². The van der Waals surface area contributed by atoms with Gasteiger partial charge in [-0.15, -0.1) is 0 Å². The molecule has 4 rings (SSSR count). The number of carbonyl (C=O) groups is 4. The van der Waals surface area contributed by atoms with Crippen LogP contribution >= 0.6 is 27.5 Å². The third-order valence-electron chi connectivity index (χ3n) is 6.58. The van der Waals surface area contributed by atoms with E-state index in [2.05, 4.69) is 21.2 Å². The number of hydrogen-bond donors (Lipinski definition) is 1. The molecule has 5 atom stereocenters. The molecule has 2 saturated carbocycles. The van der Waals surface area contributed by atoms with Crippen molar-refractivity contribution in [3.8, 4) is 0 Å². The Morgan fingerprint density at radius 2 is 1.83 bits per heavy atom. The Balaban J connectivity index is 1.35. The molecule has 3 amide bonds. The van der Waals surface area contributed by atoms with E-state index in [0.29, 0.717) is 15.2 Å². The van der Waals surface area contributed by atoms with E-state index < -0.39 is 24.5 Å². The normalized spacial score (nSPS) is 27.9. The number of benzene rings is 1. The van der Waals surface area contributed by atoms with Crippen molar-refractivity contribution in [1.82, 2.24) is 4.90 Å². The number of fused-ring (bicyclic) bond motifs is 5. The highest BCUT2D eigenvalue weighted by atomic mass is 79.9. The van der Waals surface area contributed by atoms with Crippen molar-refractivity contribution < 1.29 is 23.9 Å². The molecular weight excluding hydrogens is 476 g/mol. The van der Waals surface area contributed by atoms with Gasteiger partial charge in [-0.25, -0.2) is 4.79 Å². The minimum absolute atomic E-state index is 0.247. The number of amides is 3. The number of imide groups is 1. The molecule has 3 fully saturated rings. The lowest BCUT2D eigenvalue weighted by molar-refractivity contribution is -0.159. The second-order valence-electron chi connectivity index (χ2n) is 8.34. The molecule has 0 unspecified atom stereocenters. The molecule has 1 saturated heterocycles. The van der Waals surface area contributed by atoms with E-state index >= 15 is 0 Å². The molecule has 1 aromatic rings. The summed E-state index contributed by atoms with van der Waals surface area (Å²) >= 11 is 9.36. The molecule has 2 bridgehead atoms. The average Bonchev–Trinajstić information content (AvgIpc) is 3.37. The van der Waals surface area contributed by atoms with Crippen LogP contribution in [0.2, 0.25) is 5.02 Å². The third-order valence-corrected chi connectivity index (χ3v) is 7.77. The maximum atomic E-state index is 12.8. The van der Waals surface area contributed by atoms with Gasteiger partial charge >= 0.3 is 5.97 Å². The number of halogens is 2. The summed E-state index contributed by atoms with van der Waals surface area (Å²) in [5.74, 6) is -1.94. The summed E-state index contributed by atoms with van der Waals surface area (Å²) < 4.78 is 5.80. The number of hydrogen-bond acceptors (Lipinski definition) is 5. The minimum Gasteiger partial charge on any atom is -0.454 e. The summed E-state index contributed by atoms with van der Waals surface area (Å²) in [5.41, 5.74) is 1.29. The Kier molecular flexibility index (Phi) is 5.66. The van der Waals surface area contributed by atoms with Gasteiger partial charge in [-0.3, -0.25) is 19.3 Å². The summed E-state index contributed by atoms with van der Waals surface area (Å²) in [5, 5.41) is 3.08. The Bertz CT molecular complexity index is 924. The number of esters is 1. The Hall–Kier alpha value is -1.93. The van der Waals surface area contributed by atoms with Gasteiger partial charge in [0.1, 0.15) is 6.04 Å². The van der Waals surface area contributed by atoms with Gasteiger partial charge < -0.3 is 10.1 Å². The molecule has 7 nitrogen and oxygen atoms in total. The van der Waals surface area contributed by atoms with Crippen LogP contribution in [0.3, 0.4) is 0 Å². The zero-order valence-corrected chi connectivity index (χ0v) is 19.0. The number of nitrogens with one attached hydrogen (secondary N) is 1. The Morgan fingerprint density at radius 1 is 1.23 bits per heavy atom. The van der Waals surface area contributed by atoms with Gasteiger partial charge in [0, 0.05) is 10.2 Å². The first-order valence-corrected chi connectivity index (χ1v) is 11.1. The average molecular weight is 498 g/mol. The molecule has 30 heavy (non-hydrogen) atoms. The number of aryl methyl sites for hydroxylation is 1. The maximum absolute atomic E-state index is 12.8. The van der Waals surface area contributed by atoms with Crippen LogP contribution in [0.5, 0.6) is 0 Å². The van der Waals surface area contributed by atoms with Crippen LogP contribution in [-0.4, -0.2) is 41.2 Å². The predicted octanol–water partition coefficient (Wildman–Crippen LogP) is 3.31. The molecule has 9 heteroatoms. The van der Waals surface area contributed by atoms with E-state index in [0.717, 1.165) is 29.7 Å². The highest BCUT2D eigenvalue weighted by Gasteiger charge is 2.62. The van der Waals surface area contributed by atoms with Crippen molar-refractivity contribution >= 4 is 56.9 Å². The Labute approximate surface area is 187 Å². The van der Waals surface area contributed by atoms with Gasteiger partial charge in [0.05, 0.1) is 16.9 Å². The summed E-state index contributed by atoms with van der Waals surface area (Å²) in [6.45, 7) is 2.75. The van der Waals surface area contributed by atoms with Crippen LogP contribution in [0.4, 0.5) is 5.69 Å². The number of anilines is 1. The second kappa shape index (κ2) is 7.96. The van der Waals surface area contributed by atoms with Gasteiger partial charge in [0.2, 0.25) is 11.8 Å². The first-order chi connectivity index (χ1) is 14.2. The van der Waals surface area contributed by atoms with Gasteiger partial charge in [-0.2, -0.15) is 0 Å². The second-order valence-corrected chi connectivity index (χ2v) is 9.61. The molecule has 0 aromatic heterocycles. The molecule has 1 aliphatic heterocycles. The van der Waals surface area contributed by atoms with Crippen molar-refractivity contribution in [2.24, 2.45) is 23.7 Å². The lowest BCUT2D eigenvalue weighted by Gasteiger charge is -2.23. The zero-order valence-electron chi connectivity index (χ0n) is 16.6. The number of carbonyl (C=O) groups excluding carboxylic acids is 4. The fourth-order valence-electron chi connectivity index (χ4n) is 5.14. The molecule has 0 spiro atoms. The van der Waals surface area contributed by atoms with Crippen LogP contribution < -0.4 is 5.32 Å². The lowest BCUT2D eigenvalue weighted by atomic mass is 9.81. The van der Waals surface area contributed by atoms with Crippen LogP contribution in [-0.2, 0) is 23.9 Å². The van der Waals surface area contributed by atoms with Crippen molar-refractivity contribution in [1.29, 1.82) is 0 Å². The predicted molar refractivity (Wildman–Crippen MR) is 113 cm³/mol. The van der Waals surface area contributed by atoms with Gasteiger partial charge in [0.15, 0.2) is 6.61 Å². The highest BCUT2D eigenvalue weighted by molar-refractivity contribution is 9.10. The Morgan fingerprint density at radius 3 is 2.43 bits per heavy atom. The van der Waals surface area contributed by atoms with E-state index in [4.69, 9.17) is 16.3 Å². The van der Waals surface area contributed by atoms with Crippen molar-refractivity contribution in [3.05, 3.63) is 27.2 Å². The molecule has 1 aromatic carbocycles. The van der Waals surface area contributed by atoms with E-state index in [9.17, 15) is 19.2 Å². The highest BCUT2D eigenvalue weighted by Crippen LogP contribution is 2.56. The van der Waals surface area contributed by atoms with Gasteiger partial charge in [-0.05, 0) is 78.6 Å². The third kappa shape index (κ3) is 3.54. The summed E-state index contributed by atoms with van der Waals surface area (Å²) in [4.78, 5) is 51.3. The van der Waals surface area contributed by atoms with Crippen LogP contribution in [0, 0.1) is 30.6 Å². The van der Waals surface area contributed by atoms with Crippen LogP contribution in [0.15, 0.2) is 16.6 Å². The van der Waals surface area contributed by atoms with E-state index in [1.165, 1.54) is 6.92 Å². The number of likely N-dealkylation sites (tertiary alicyclic amines) is 1. The van der Waals surface area contributed by atoms with Gasteiger partial charge in [0.25, 0.3) is 5.91 Å². The number of ether oxygens (including phenoxy) is 1. The summed E-state index contributed by atoms with van der Waals surface area (Å²) in [7, 11) is 0. The van der Waals surface area contributed by atoms with Crippen molar-refractivity contribution in [3.63, 3.8) is 0 Å². The topological polar surface area (TPSA) is 92.8 Å². The minimum atomic E-state index is -1.05. The smallest absolute Gasteiger partial charge is 0.329 e. The summed E-state index contributed by atoms with van der Waals surface area (Å²) in [6.07, 6.45) is 2.87. The molecule has 2 aliphatic carbocycles. The molecule has 1 N–H and O–H groups in total. The fraction of sp³-hybridized carbons (Fsp3) is 0.524. The van der Waals surface area contributed by atoms with E-state index in [-0.39, 0.29) is 35.5 Å². The SMILES string of the molecule is Cc1cc(Br)c(Cl)cc1NC(=O)COC(=O)[C@H](C)N1C(=O)[C@@H]2[C@H]3CC[C@@H](C3)[C@@H]2C1=O. The zero-order chi connectivity index (χ0) is 21.7. The largest absolute Gasteiger partial charge is 0.454 e. The van der Waals surface area contributed by atoms with Crippen molar-refractivity contribution in [2.45, 2.75) is 39.2 Å². The monoisotopic (exact) mass is 496 g/mol. The molecule has 3 aliphatic rings. The van der Waals surface area contributed by atoms with Crippen LogP contribution in [0.25, 0.3) is 0 Å². The van der Waals surface area contributed by atoms with E-state index in [1.54, 1.807) is 19.1 Å². The molecular formula is C21H22BrClN2O5. The van der Waals surface area contributed by atoms with Crippen LogP contribution in [0.1, 0.15) is 31.7 Å². The quantitative estimate of drug-likeness (QED) is 0.498. The fourth-order valence-corrected chi connectivity index (χ4v) is 5.76. The molecule has 0 radical (unpaired) electrons. The van der Waals surface area contributed by atoms with E-state index in [1.807, 2.05) is 0 Å². The molecule has 1 heterocycles. The van der Waals surface area contributed by atoms with Gasteiger partial charge in [-0.1, -0.05) is 11.6 Å². The number of nitrogens with zero attached hydrogens (tertiary/aromatic N) is 1. The maximum Gasteiger partial charge on any atom is 0.329 e. The molecule has 160 valence electrons. The first kappa shape index (κ1) is 21.3. The lowest BCUT2D eigenvalue weighted by Crippen LogP contribution is -2.45. The number of rotatable bonds is 5. The first-order valence-electron chi connectivity index (χ1n) is 9.98.